The maximum absolute atomic E-state index is 5.37. The zero-order valence-corrected chi connectivity index (χ0v) is 35.7. The number of benzene rings is 6. The molecule has 0 saturated heterocycles. The summed E-state index contributed by atoms with van der Waals surface area (Å²) in [5.41, 5.74) is 18.6. The summed E-state index contributed by atoms with van der Waals surface area (Å²) in [4.78, 5) is 13.0. The molecule has 6 aromatic carbocycles. The molecule has 0 radical (unpaired) electrons. The van der Waals surface area contributed by atoms with Crippen LogP contribution in [0.4, 0.5) is 17.1 Å². The Balaban J connectivity index is 1.20. The van der Waals surface area contributed by atoms with Gasteiger partial charge in [-0.1, -0.05) is 150 Å². The quantitative estimate of drug-likeness (QED) is 0.0968. The van der Waals surface area contributed by atoms with E-state index in [4.69, 9.17) is 18.7 Å². The highest BCUT2D eigenvalue weighted by Gasteiger charge is 2.42. The smallest absolute Gasteiger partial charge is 0.115 e. The van der Waals surface area contributed by atoms with Gasteiger partial charge < -0.3 is 4.90 Å². The minimum absolute atomic E-state index is 0.0219. The van der Waals surface area contributed by atoms with Gasteiger partial charge in [-0.25, -0.2) is 9.97 Å². The molecule has 0 spiro atoms. The first-order chi connectivity index (χ1) is 29.0. The molecule has 5 nitrogen and oxygen atoms in total. The van der Waals surface area contributed by atoms with E-state index in [2.05, 4.69) is 160 Å². The average molecular weight is 792 g/mol. The van der Waals surface area contributed by atoms with Gasteiger partial charge in [0.1, 0.15) is 11.0 Å². The Morgan fingerprint density at radius 3 is 1.54 bits per heavy atom. The summed E-state index contributed by atoms with van der Waals surface area (Å²) in [7, 11) is 0. The summed E-state index contributed by atoms with van der Waals surface area (Å²) in [5.74, 6) is 0. The van der Waals surface area contributed by atoms with Crippen LogP contribution in [0.1, 0.15) is 101 Å². The molecule has 1 aliphatic carbocycles. The fourth-order valence-corrected chi connectivity index (χ4v) is 10.2. The van der Waals surface area contributed by atoms with Crippen LogP contribution in [0.25, 0.3) is 55.4 Å². The SMILES string of the molecule is CCCCCCC1(CCCCCC)c2ccccc2-c2ccc(-c3c4nsnc4c(-c4ccc(N(c5ccccc5)c5ccccc5)cc4)c4nc(C)c(C)nc34)cc21. The lowest BCUT2D eigenvalue weighted by Gasteiger charge is -2.33. The average Bonchev–Trinajstić information content (AvgIpc) is 3.86. The van der Waals surface area contributed by atoms with E-state index < -0.39 is 0 Å². The second-order valence-corrected chi connectivity index (χ2v) is 16.9. The molecular formula is C53H53N5S. The number of rotatable bonds is 15. The lowest BCUT2D eigenvalue weighted by Crippen LogP contribution is -2.25. The highest BCUT2D eigenvalue weighted by molar-refractivity contribution is 7.00. The van der Waals surface area contributed by atoms with Gasteiger partial charge in [0.25, 0.3) is 0 Å². The molecule has 2 heterocycles. The Kier molecular flexibility index (Phi) is 11.1. The van der Waals surface area contributed by atoms with Crippen LogP contribution in [-0.4, -0.2) is 18.7 Å². The Hall–Kier alpha value is -5.72. The van der Waals surface area contributed by atoms with Crippen LogP contribution in [0.15, 0.2) is 127 Å². The Morgan fingerprint density at radius 1 is 0.475 bits per heavy atom. The minimum atomic E-state index is -0.0219. The Labute approximate surface area is 353 Å². The van der Waals surface area contributed by atoms with Crippen molar-refractivity contribution >= 4 is 50.9 Å². The molecule has 9 rings (SSSR count). The molecule has 59 heavy (non-hydrogen) atoms. The molecule has 0 aliphatic heterocycles. The maximum atomic E-state index is 5.37. The van der Waals surface area contributed by atoms with E-state index in [0.717, 1.165) is 72.8 Å². The van der Waals surface area contributed by atoms with E-state index in [0.29, 0.717) is 0 Å². The second kappa shape index (κ2) is 16.9. The number of aromatic nitrogens is 4. The maximum Gasteiger partial charge on any atom is 0.115 e. The van der Waals surface area contributed by atoms with Gasteiger partial charge in [-0.3, -0.25) is 0 Å². The Morgan fingerprint density at radius 2 is 0.966 bits per heavy atom. The van der Waals surface area contributed by atoms with Crippen molar-refractivity contribution in [2.75, 3.05) is 4.90 Å². The van der Waals surface area contributed by atoms with Crippen LogP contribution < -0.4 is 4.90 Å². The molecule has 296 valence electrons. The van der Waals surface area contributed by atoms with Gasteiger partial charge in [0.05, 0.1) is 34.1 Å². The number of unbranched alkanes of at least 4 members (excludes halogenated alkanes) is 6. The van der Waals surface area contributed by atoms with Gasteiger partial charge in [0.2, 0.25) is 0 Å². The van der Waals surface area contributed by atoms with Crippen molar-refractivity contribution in [2.45, 2.75) is 97.3 Å². The van der Waals surface area contributed by atoms with Crippen LogP contribution in [0.2, 0.25) is 0 Å². The van der Waals surface area contributed by atoms with Gasteiger partial charge in [-0.05, 0) is 103 Å². The van der Waals surface area contributed by atoms with E-state index in [1.54, 1.807) is 0 Å². The lowest BCUT2D eigenvalue weighted by atomic mass is 9.70. The number of fused-ring (bicyclic) bond motifs is 5. The van der Waals surface area contributed by atoms with Gasteiger partial charge in [-0.2, -0.15) is 8.75 Å². The first-order valence-electron chi connectivity index (χ1n) is 21.7. The molecule has 8 aromatic rings. The predicted octanol–water partition coefficient (Wildman–Crippen LogP) is 15.3. The van der Waals surface area contributed by atoms with E-state index in [1.165, 1.54) is 98.2 Å². The molecule has 0 bridgehead atoms. The predicted molar refractivity (Wildman–Crippen MR) is 249 cm³/mol. The van der Waals surface area contributed by atoms with Crippen molar-refractivity contribution in [3.05, 3.63) is 150 Å². The van der Waals surface area contributed by atoms with Gasteiger partial charge in [-0.15, -0.1) is 0 Å². The van der Waals surface area contributed by atoms with Gasteiger partial charge in [0, 0.05) is 33.6 Å². The normalized spacial score (nSPS) is 12.9. The molecule has 0 amide bonds. The van der Waals surface area contributed by atoms with Crippen molar-refractivity contribution in [2.24, 2.45) is 0 Å². The zero-order valence-electron chi connectivity index (χ0n) is 34.8. The monoisotopic (exact) mass is 791 g/mol. The zero-order chi connectivity index (χ0) is 40.3. The van der Waals surface area contributed by atoms with Crippen molar-refractivity contribution < 1.29 is 0 Å². The third kappa shape index (κ3) is 7.12. The first-order valence-corrected chi connectivity index (χ1v) is 22.4. The molecule has 0 unspecified atom stereocenters. The van der Waals surface area contributed by atoms with Crippen LogP contribution in [0, 0.1) is 13.8 Å². The first kappa shape index (κ1) is 38.8. The molecule has 0 N–H and O–H groups in total. The lowest BCUT2D eigenvalue weighted by molar-refractivity contribution is 0.401. The molecule has 2 aromatic heterocycles. The molecule has 6 heteroatoms. The number of hydrogen-bond acceptors (Lipinski definition) is 6. The Bertz CT molecular complexity index is 2670. The van der Waals surface area contributed by atoms with E-state index >= 15 is 0 Å². The number of nitrogens with zero attached hydrogens (tertiary/aromatic N) is 5. The molecule has 1 aliphatic rings. The highest BCUT2D eigenvalue weighted by Crippen LogP contribution is 2.55. The fraction of sp³-hybridized carbons (Fsp3) is 0.283. The van der Waals surface area contributed by atoms with Crippen molar-refractivity contribution in [1.82, 2.24) is 18.7 Å². The largest absolute Gasteiger partial charge is 0.311 e. The number of para-hydroxylation sites is 2. The summed E-state index contributed by atoms with van der Waals surface area (Å²) in [6.45, 7) is 8.75. The van der Waals surface area contributed by atoms with E-state index in [-0.39, 0.29) is 5.41 Å². The van der Waals surface area contributed by atoms with Crippen LogP contribution >= 0.6 is 11.7 Å². The molecule has 0 atom stereocenters. The fourth-order valence-electron chi connectivity index (χ4n) is 9.60. The van der Waals surface area contributed by atoms with Gasteiger partial charge in [0.15, 0.2) is 0 Å². The summed E-state index contributed by atoms with van der Waals surface area (Å²) in [5, 5.41) is 0. The third-order valence-corrected chi connectivity index (χ3v) is 13.2. The molecule has 0 fully saturated rings. The number of anilines is 3. The number of aryl methyl sites for hydroxylation is 2. The minimum Gasteiger partial charge on any atom is -0.311 e. The van der Waals surface area contributed by atoms with Crippen molar-refractivity contribution in [1.29, 1.82) is 0 Å². The summed E-state index contributed by atoms with van der Waals surface area (Å²) >= 11 is 1.27. The molecule has 0 saturated carbocycles. The van der Waals surface area contributed by atoms with Crippen LogP contribution in [-0.2, 0) is 5.41 Å². The van der Waals surface area contributed by atoms with Gasteiger partial charge >= 0.3 is 0 Å². The van der Waals surface area contributed by atoms with Crippen molar-refractivity contribution in [3.63, 3.8) is 0 Å². The standard InChI is InChI=1S/C53H53N5S/c1-5-7-9-19-33-53(34-20-10-8-6-2)45-26-18-17-25-43(45)44-32-29-39(35-46(44)53)48-50-49(54-36(3)37(4)55-50)47(51-52(48)57-59-56-51)38-27-30-42(31-28-38)58(40-21-13-11-14-22-40)41-23-15-12-16-24-41/h11-18,21-32,35H,5-10,19-20,33-34H2,1-4H3. The third-order valence-electron chi connectivity index (χ3n) is 12.7. The second-order valence-electron chi connectivity index (χ2n) is 16.4. The summed E-state index contributed by atoms with van der Waals surface area (Å²) in [6.07, 6.45) is 12.4. The molecular weight excluding hydrogens is 739 g/mol. The van der Waals surface area contributed by atoms with Crippen LogP contribution in [0.5, 0.6) is 0 Å². The highest BCUT2D eigenvalue weighted by atomic mass is 32.1. The van der Waals surface area contributed by atoms with Crippen molar-refractivity contribution in [3.8, 4) is 33.4 Å². The summed E-state index contributed by atoms with van der Waals surface area (Å²) < 4.78 is 10.1. The van der Waals surface area contributed by atoms with Crippen LogP contribution in [0.3, 0.4) is 0 Å². The van der Waals surface area contributed by atoms with E-state index in [9.17, 15) is 0 Å². The summed E-state index contributed by atoms with van der Waals surface area (Å²) in [6, 6.07) is 46.3. The van der Waals surface area contributed by atoms with E-state index in [1.807, 2.05) is 0 Å². The topological polar surface area (TPSA) is 54.8 Å². The number of hydrogen-bond donors (Lipinski definition) is 0.